The Morgan fingerprint density at radius 1 is 1.14 bits per heavy atom. The second-order valence-corrected chi connectivity index (χ2v) is 6.39. The number of carbonyl (C=O) groups excluding carboxylic acids is 3. The number of Topliss-reactive ketones (excluding diaryl/α,β-unsaturated/α-hetero) is 2. The Morgan fingerprint density at radius 2 is 1.86 bits per heavy atom. The van der Waals surface area contributed by atoms with Crippen LogP contribution in [0.2, 0.25) is 0 Å². The Balaban J connectivity index is 2.01. The van der Waals surface area contributed by atoms with Gasteiger partial charge in [0.15, 0.2) is 23.9 Å². The van der Waals surface area contributed by atoms with E-state index in [0.717, 1.165) is 5.56 Å². The number of carbonyl (C=O) groups is 3. The van der Waals surface area contributed by atoms with E-state index in [1.165, 1.54) is 13.0 Å². The molecule has 0 radical (unpaired) electrons. The van der Waals surface area contributed by atoms with Gasteiger partial charge in [-0.15, -0.1) is 0 Å². The van der Waals surface area contributed by atoms with Gasteiger partial charge in [0.2, 0.25) is 5.78 Å². The van der Waals surface area contributed by atoms with Crippen molar-refractivity contribution in [2.24, 2.45) is 0 Å². The highest BCUT2D eigenvalue weighted by atomic mass is 16.5. The first-order chi connectivity index (χ1) is 13.8. The van der Waals surface area contributed by atoms with Gasteiger partial charge >= 0.3 is 5.97 Å². The molecule has 1 heterocycles. The van der Waals surface area contributed by atoms with Crippen molar-refractivity contribution in [1.82, 2.24) is 4.98 Å². The van der Waals surface area contributed by atoms with Crippen LogP contribution >= 0.6 is 0 Å². The van der Waals surface area contributed by atoms with E-state index in [1.54, 1.807) is 45.2 Å². The van der Waals surface area contributed by atoms with Crippen LogP contribution in [0, 0.1) is 13.8 Å². The zero-order valence-corrected chi connectivity index (χ0v) is 17.3. The lowest BCUT2D eigenvalue weighted by atomic mass is 10.1. The number of ketones is 2. The van der Waals surface area contributed by atoms with Crippen LogP contribution in [0.5, 0.6) is 11.5 Å². The summed E-state index contributed by atoms with van der Waals surface area (Å²) < 4.78 is 15.7. The largest absolute Gasteiger partial charge is 0.493 e. The first-order valence-electron chi connectivity index (χ1n) is 9.17. The van der Waals surface area contributed by atoms with Gasteiger partial charge in [-0.3, -0.25) is 9.59 Å². The van der Waals surface area contributed by atoms with Crippen molar-refractivity contribution in [2.75, 3.05) is 20.3 Å². The maximum Gasteiger partial charge on any atom is 0.331 e. The molecule has 2 rings (SSSR count). The quantitative estimate of drug-likeness (QED) is 0.393. The maximum atomic E-state index is 12.3. The molecule has 0 fully saturated rings. The lowest BCUT2D eigenvalue weighted by Crippen LogP contribution is -2.14. The van der Waals surface area contributed by atoms with Gasteiger partial charge in [0.25, 0.3) is 0 Å². The standard InChI is InChI=1S/C22H25NO6/c1-6-28-19-11-16(7-9-18(19)27-5)8-10-20(26)29-12-17(25)22-13(2)21(15(4)24)14(3)23-22/h7-11,23H,6,12H2,1-5H3/b10-8+. The van der Waals surface area contributed by atoms with Gasteiger partial charge in [-0.2, -0.15) is 0 Å². The molecule has 29 heavy (non-hydrogen) atoms. The van der Waals surface area contributed by atoms with E-state index in [9.17, 15) is 14.4 Å². The molecule has 0 atom stereocenters. The molecule has 1 aromatic carbocycles. The highest BCUT2D eigenvalue weighted by molar-refractivity contribution is 6.04. The number of esters is 1. The second kappa shape index (κ2) is 9.73. The minimum Gasteiger partial charge on any atom is -0.493 e. The summed E-state index contributed by atoms with van der Waals surface area (Å²) in [5.41, 5.74) is 2.67. The lowest BCUT2D eigenvalue weighted by Gasteiger charge is -2.09. The van der Waals surface area contributed by atoms with Crippen LogP contribution in [0.4, 0.5) is 0 Å². The van der Waals surface area contributed by atoms with Crippen LogP contribution in [0.15, 0.2) is 24.3 Å². The van der Waals surface area contributed by atoms with E-state index in [4.69, 9.17) is 14.2 Å². The normalized spacial score (nSPS) is 10.8. The smallest absolute Gasteiger partial charge is 0.331 e. The van der Waals surface area contributed by atoms with Crippen molar-refractivity contribution in [1.29, 1.82) is 0 Å². The Bertz CT molecular complexity index is 954. The third-order valence-electron chi connectivity index (χ3n) is 4.31. The van der Waals surface area contributed by atoms with Gasteiger partial charge in [-0.05, 0) is 57.0 Å². The molecule has 2 aromatic rings. The molecule has 154 valence electrons. The number of hydrogen-bond donors (Lipinski definition) is 1. The summed E-state index contributed by atoms with van der Waals surface area (Å²) in [6.45, 7) is 6.78. The minimum absolute atomic E-state index is 0.124. The van der Waals surface area contributed by atoms with Gasteiger partial charge in [0.05, 0.1) is 19.4 Å². The number of aryl methyl sites for hydroxylation is 1. The Kier molecular flexibility index (Phi) is 7.36. The van der Waals surface area contributed by atoms with Crippen LogP contribution < -0.4 is 9.47 Å². The van der Waals surface area contributed by atoms with E-state index in [-0.39, 0.29) is 11.5 Å². The monoisotopic (exact) mass is 399 g/mol. The Hall–Kier alpha value is -3.35. The topological polar surface area (TPSA) is 94.7 Å². The van der Waals surface area contributed by atoms with Gasteiger partial charge < -0.3 is 19.2 Å². The summed E-state index contributed by atoms with van der Waals surface area (Å²) >= 11 is 0. The summed E-state index contributed by atoms with van der Waals surface area (Å²) in [6.07, 6.45) is 2.80. The van der Waals surface area contributed by atoms with Gasteiger partial charge in [-0.1, -0.05) is 6.07 Å². The zero-order chi connectivity index (χ0) is 21.6. The number of benzene rings is 1. The third-order valence-corrected chi connectivity index (χ3v) is 4.31. The first-order valence-corrected chi connectivity index (χ1v) is 9.17. The summed E-state index contributed by atoms with van der Waals surface area (Å²) in [5.74, 6) is -0.0119. The molecule has 0 aliphatic heterocycles. The number of rotatable bonds is 9. The van der Waals surface area contributed by atoms with E-state index in [0.29, 0.717) is 34.9 Å². The molecule has 7 nitrogen and oxygen atoms in total. The van der Waals surface area contributed by atoms with Crippen molar-refractivity contribution in [3.05, 3.63) is 52.4 Å². The van der Waals surface area contributed by atoms with Crippen LogP contribution in [-0.2, 0) is 9.53 Å². The molecule has 0 spiro atoms. The predicted octanol–water partition coefficient (Wildman–Crippen LogP) is 3.68. The Morgan fingerprint density at radius 3 is 2.45 bits per heavy atom. The summed E-state index contributed by atoms with van der Waals surface area (Å²) in [7, 11) is 1.55. The average Bonchev–Trinajstić information content (AvgIpc) is 2.99. The van der Waals surface area contributed by atoms with E-state index < -0.39 is 18.4 Å². The fourth-order valence-corrected chi connectivity index (χ4v) is 3.04. The molecule has 1 aromatic heterocycles. The van der Waals surface area contributed by atoms with Crippen molar-refractivity contribution >= 4 is 23.6 Å². The van der Waals surface area contributed by atoms with Crippen LogP contribution in [-0.4, -0.2) is 42.8 Å². The summed E-state index contributed by atoms with van der Waals surface area (Å²) in [5, 5.41) is 0. The van der Waals surface area contributed by atoms with Crippen molar-refractivity contribution in [2.45, 2.75) is 27.7 Å². The highest BCUT2D eigenvalue weighted by Crippen LogP contribution is 2.28. The number of nitrogens with one attached hydrogen (secondary N) is 1. The van der Waals surface area contributed by atoms with Gasteiger partial charge in [-0.25, -0.2) is 4.79 Å². The fourth-order valence-electron chi connectivity index (χ4n) is 3.04. The molecule has 0 bridgehead atoms. The van der Waals surface area contributed by atoms with Crippen LogP contribution in [0.25, 0.3) is 6.08 Å². The molecular formula is C22H25NO6. The molecule has 0 aliphatic carbocycles. The summed E-state index contributed by atoms with van der Waals surface area (Å²) in [6, 6.07) is 5.25. The number of methoxy groups -OCH3 is 1. The number of aromatic nitrogens is 1. The van der Waals surface area contributed by atoms with E-state index >= 15 is 0 Å². The van der Waals surface area contributed by atoms with E-state index in [1.807, 2.05) is 6.92 Å². The molecule has 0 aliphatic rings. The molecule has 0 unspecified atom stereocenters. The average molecular weight is 399 g/mol. The van der Waals surface area contributed by atoms with Gasteiger partial charge in [0.1, 0.15) is 0 Å². The number of H-pyrrole nitrogens is 1. The molecule has 0 saturated carbocycles. The molecule has 1 N–H and O–H groups in total. The number of aromatic amines is 1. The fraction of sp³-hybridized carbons (Fsp3) is 0.318. The van der Waals surface area contributed by atoms with Crippen LogP contribution in [0.3, 0.4) is 0 Å². The lowest BCUT2D eigenvalue weighted by molar-refractivity contribution is -0.136. The first kappa shape index (κ1) is 21.9. The number of hydrogen-bond acceptors (Lipinski definition) is 6. The molecule has 0 amide bonds. The van der Waals surface area contributed by atoms with Crippen LogP contribution in [0.1, 0.15) is 51.5 Å². The van der Waals surface area contributed by atoms with Crippen molar-refractivity contribution < 1.29 is 28.6 Å². The zero-order valence-electron chi connectivity index (χ0n) is 17.3. The predicted molar refractivity (Wildman–Crippen MR) is 109 cm³/mol. The molecular weight excluding hydrogens is 374 g/mol. The van der Waals surface area contributed by atoms with E-state index in [2.05, 4.69) is 4.98 Å². The van der Waals surface area contributed by atoms with Crippen molar-refractivity contribution in [3.8, 4) is 11.5 Å². The second-order valence-electron chi connectivity index (χ2n) is 6.39. The van der Waals surface area contributed by atoms with Crippen molar-refractivity contribution in [3.63, 3.8) is 0 Å². The maximum absolute atomic E-state index is 12.3. The highest BCUT2D eigenvalue weighted by Gasteiger charge is 2.20. The Labute approximate surface area is 169 Å². The minimum atomic E-state index is -0.653. The third kappa shape index (κ3) is 5.34. The molecule has 0 saturated heterocycles. The SMILES string of the molecule is CCOc1cc(/C=C/C(=O)OCC(=O)c2[nH]c(C)c(C(C)=O)c2C)ccc1OC. The summed E-state index contributed by atoms with van der Waals surface area (Å²) in [4.78, 5) is 38.9. The number of ether oxygens (including phenoxy) is 3. The molecule has 7 heteroatoms. The van der Waals surface area contributed by atoms with Gasteiger partial charge in [0, 0.05) is 17.3 Å².